The van der Waals surface area contributed by atoms with Gasteiger partial charge in [-0.1, -0.05) is 237 Å². The molecule has 0 aromatic carbocycles. The number of carbonyl (C=O) groups is 3. The zero-order chi connectivity index (χ0) is 49.3. The summed E-state index contributed by atoms with van der Waals surface area (Å²) < 4.78 is 16.6. The molecule has 0 spiro atoms. The monoisotopic (exact) mass is 937 g/mol. The van der Waals surface area contributed by atoms with Crippen molar-refractivity contribution < 1.29 is 28.6 Å². The number of rotatable bonds is 46. The van der Waals surface area contributed by atoms with Gasteiger partial charge in [0.25, 0.3) is 0 Å². The highest BCUT2D eigenvalue weighted by molar-refractivity contribution is 5.72. The quantitative estimate of drug-likeness (QED) is 0.0262. The normalized spacial score (nSPS) is 13.3. The van der Waals surface area contributed by atoms with Crippen molar-refractivity contribution in [3.05, 3.63) is 146 Å². The third-order valence-corrected chi connectivity index (χ3v) is 10.6. The molecule has 0 aliphatic heterocycles. The van der Waals surface area contributed by atoms with Gasteiger partial charge in [-0.15, -0.1) is 0 Å². The summed E-state index contributed by atoms with van der Waals surface area (Å²) in [4.78, 5) is 37.9. The molecule has 0 radical (unpaired) electrons. The van der Waals surface area contributed by atoms with E-state index in [0.717, 1.165) is 96.3 Å². The van der Waals surface area contributed by atoms with Crippen LogP contribution in [0.2, 0.25) is 0 Å². The van der Waals surface area contributed by atoms with E-state index in [4.69, 9.17) is 14.2 Å². The van der Waals surface area contributed by atoms with Gasteiger partial charge in [-0.05, 0) is 96.3 Å². The first kappa shape index (κ1) is 63.3. The molecule has 0 bridgehead atoms. The molecule has 6 heteroatoms. The minimum absolute atomic E-state index is 0.0790. The van der Waals surface area contributed by atoms with Gasteiger partial charge in [-0.3, -0.25) is 14.4 Å². The zero-order valence-corrected chi connectivity index (χ0v) is 43.3. The smallest absolute Gasteiger partial charge is 0.310 e. The molecule has 0 aromatic rings. The Kier molecular flexibility index (Phi) is 51.1. The van der Waals surface area contributed by atoms with Gasteiger partial charge in [0.1, 0.15) is 13.2 Å². The fourth-order valence-electron chi connectivity index (χ4n) is 6.68. The first-order valence-electron chi connectivity index (χ1n) is 26.8. The number of unbranched alkanes of at least 4 members (excludes halogenated alkanes) is 12. The average Bonchev–Trinajstić information content (AvgIpc) is 3.34. The summed E-state index contributed by atoms with van der Waals surface area (Å²) in [6, 6.07) is 0. The molecule has 6 nitrogen and oxygen atoms in total. The third kappa shape index (κ3) is 52.3. The van der Waals surface area contributed by atoms with Gasteiger partial charge in [0.2, 0.25) is 0 Å². The van der Waals surface area contributed by atoms with Crippen molar-refractivity contribution in [1.82, 2.24) is 0 Å². The Bertz CT molecular complexity index is 1540. The van der Waals surface area contributed by atoms with E-state index < -0.39 is 12.1 Å². The Hall–Kier alpha value is -4.71. The number of esters is 3. The maximum Gasteiger partial charge on any atom is 0.310 e. The van der Waals surface area contributed by atoms with E-state index in [9.17, 15) is 14.4 Å². The molecule has 68 heavy (non-hydrogen) atoms. The molecule has 0 aromatic heterocycles. The maximum atomic E-state index is 12.7. The van der Waals surface area contributed by atoms with Crippen molar-refractivity contribution in [2.45, 2.75) is 213 Å². The Morgan fingerprint density at radius 3 is 0.971 bits per heavy atom. The molecular weight excluding hydrogens is 841 g/mol. The van der Waals surface area contributed by atoms with Crippen molar-refractivity contribution in [3.63, 3.8) is 0 Å². The molecule has 0 fully saturated rings. The van der Waals surface area contributed by atoms with E-state index in [1.54, 1.807) is 6.08 Å². The fourth-order valence-corrected chi connectivity index (χ4v) is 6.68. The molecule has 0 saturated heterocycles. The summed E-state index contributed by atoms with van der Waals surface area (Å²) in [7, 11) is 0. The summed E-state index contributed by atoms with van der Waals surface area (Å²) in [5.41, 5.74) is 0. The minimum Gasteiger partial charge on any atom is -0.462 e. The van der Waals surface area contributed by atoms with Crippen molar-refractivity contribution in [2.24, 2.45) is 0 Å². The number of carbonyl (C=O) groups excluding carboxylic acids is 3. The highest BCUT2D eigenvalue weighted by atomic mass is 16.6. The molecule has 0 heterocycles. The van der Waals surface area contributed by atoms with Crippen molar-refractivity contribution in [1.29, 1.82) is 0 Å². The highest BCUT2D eigenvalue weighted by Gasteiger charge is 2.19. The van der Waals surface area contributed by atoms with Crippen LogP contribution in [0.3, 0.4) is 0 Å². The van der Waals surface area contributed by atoms with Crippen LogP contribution in [-0.4, -0.2) is 37.2 Å². The minimum atomic E-state index is -0.860. The SMILES string of the molecule is CC/C=C\C/C=C\C/C=C\C/C=C\C/C=C\C/C=C\C/C=C\CCCC(=O)OCC(COC(=O)CCCCCCCCCCCCCC)OC(=O)C/C=C\C/C=C\C/C=C\C/C=C\C/C=C\CC. The Labute approximate surface area is 417 Å². The van der Waals surface area contributed by atoms with Crippen LogP contribution in [0, 0.1) is 0 Å². The van der Waals surface area contributed by atoms with E-state index in [1.807, 2.05) is 6.08 Å². The second-order valence-electron chi connectivity index (χ2n) is 17.0. The van der Waals surface area contributed by atoms with E-state index in [0.29, 0.717) is 19.3 Å². The first-order chi connectivity index (χ1) is 33.5. The number of hydrogen-bond acceptors (Lipinski definition) is 6. The summed E-state index contributed by atoms with van der Waals surface area (Å²) >= 11 is 0. The Morgan fingerprint density at radius 1 is 0.324 bits per heavy atom. The van der Waals surface area contributed by atoms with Gasteiger partial charge in [0.15, 0.2) is 6.10 Å². The topological polar surface area (TPSA) is 78.9 Å². The van der Waals surface area contributed by atoms with Crippen LogP contribution in [0.1, 0.15) is 207 Å². The van der Waals surface area contributed by atoms with Gasteiger partial charge >= 0.3 is 17.9 Å². The van der Waals surface area contributed by atoms with E-state index in [1.165, 1.54) is 57.8 Å². The summed E-state index contributed by atoms with van der Waals surface area (Å²) in [6.45, 7) is 6.25. The van der Waals surface area contributed by atoms with Gasteiger partial charge in [0, 0.05) is 12.8 Å². The molecule has 0 rings (SSSR count). The van der Waals surface area contributed by atoms with Crippen LogP contribution < -0.4 is 0 Å². The van der Waals surface area contributed by atoms with Crippen LogP contribution >= 0.6 is 0 Å². The zero-order valence-electron chi connectivity index (χ0n) is 43.3. The summed E-state index contributed by atoms with van der Waals surface area (Å²) in [5, 5.41) is 0. The van der Waals surface area contributed by atoms with Crippen LogP contribution in [0.4, 0.5) is 0 Å². The average molecular weight is 937 g/mol. The van der Waals surface area contributed by atoms with Crippen LogP contribution in [0.25, 0.3) is 0 Å². The lowest BCUT2D eigenvalue weighted by molar-refractivity contribution is -0.166. The lowest BCUT2D eigenvalue weighted by Gasteiger charge is -2.18. The van der Waals surface area contributed by atoms with Gasteiger partial charge < -0.3 is 14.2 Å². The van der Waals surface area contributed by atoms with Crippen LogP contribution in [-0.2, 0) is 28.6 Å². The lowest BCUT2D eigenvalue weighted by atomic mass is 10.0. The molecule has 0 N–H and O–H groups in total. The molecule has 1 atom stereocenters. The molecule has 1 unspecified atom stereocenters. The van der Waals surface area contributed by atoms with Crippen molar-refractivity contribution in [2.75, 3.05) is 13.2 Å². The highest BCUT2D eigenvalue weighted by Crippen LogP contribution is 2.13. The van der Waals surface area contributed by atoms with Gasteiger partial charge in [-0.2, -0.15) is 0 Å². The van der Waals surface area contributed by atoms with E-state index in [2.05, 4.69) is 154 Å². The summed E-state index contributed by atoms with van der Waals surface area (Å²) in [5.74, 6) is -1.14. The van der Waals surface area contributed by atoms with Gasteiger partial charge in [-0.25, -0.2) is 0 Å². The predicted molar refractivity (Wildman–Crippen MR) is 292 cm³/mol. The van der Waals surface area contributed by atoms with Crippen molar-refractivity contribution in [3.8, 4) is 0 Å². The van der Waals surface area contributed by atoms with Crippen LogP contribution in [0.5, 0.6) is 0 Å². The standard InChI is InChI=1S/C62H96O6/c1-4-7-10-13-16-19-22-25-27-28-29-30-31-32-33-34-36-37-40-43-46-49-52-55-61(64)67-58-59(57-66-60(63)54-51-48-45-42-39-24-21-18-15-12-9-6-3)68-62(65)56-53-50-47-44-41-38-35-26-23-20-17-14-11-8-5-2/h7-8,10-11,16-17,19-20,25-27,29-30,32-33,35-37,41,43-44,46,50,53,59H,4-6,9,12-15,18,21-24,28,31,34,38-40,42,45,47-49,51-52,54-58H2,1-3H3/b10-7-,11-8-,19-16-,20-17-,27-25-,30-29-,33-32-,35-26-,37-36-,44-41-,46-43-,53-50-. The van der Waals surface area contributed by atoms with Crippen LogP contribution in [0.15, 0.2) is 146 Å². The lowest BCUT2D eigenvalue weighted by Crippen LogP contribution is -2.30. The second-order valence-corrected chi connectivity index (χ2v) is 17.0. The third-order valence-electron chi connectivity index (χ3n) is 10.6. The first-order valence-corrected chi connectivity index (χ1v) is 26.8. The maximum absolute atomic E-state index is 12.7. The fraction of sp³-hybridized carbons (Fsp3) is 0.565. The largest absolute Gasteiger partial charge is 0.462 e. The van der Waals surface area contributed by atoms with E-state index in [-0.39, 0.29) is 38.0 Å². The second kappa shape index (κ2) is 54.9. The molecular formula is C62H96O6. The summed E-state index contributed by atoms with van der Waals surface area (Å²) in [6.07, 6.45) is 78.7. The van der Waals surface area contributed by atoms with E-state index >= 15 is 0 Å². The number of hydrogen-bond donors (Lipinski definition) is 0. The van der Waals surface area contributed by atoms with Gasteiger partial charge in [0.05, 0.1) is 6.42 Å². The molecule has 0 aliphatic rings. The molecule has 0 saturated carbocycles. The number of ether oxygens (including phenoxy) is 3. The predicted octanol–water partition coefficient (Wildman–Crippen LogP) is 18.0. The molecule has 380 valence electrons. The van der Waals surface area contributed by atoms with Crippen molar-refractivity contribution >= 4 is 17.9 Å². The molecule has 0 aliphatic carbocycles. The Morgan fingerprint density at radius 2 is 0.618 bits per heavy atom. The number of allylic oxidation sites excluding steroid dienone is 23. The molecule has 0 amide bonds. The Balaban J connectivity index is 4.58.